The first-order valence-corrected chi connectivity index (χ1v) is 11.7. The molecule has 0 saturated carbocycles. The predicted octanol–water partition coefficient (Wildman–Crippen LogP) is 4.78. The molecular weight excluding hydrogens is 422 g/mol. The molecule has 2 fully saturated rings. The highest BCUT2D eigenvalue weighted by atomic mass is 35.5. The lowest BCUT2D eigenvalue weighted by atomic mass is 9.79. The fraction of sp³-hybridized carbons (Fsp3) is 0.346. The van der Waals surface area contributed by atoms with Gasteiger partial charge in [-0.2, -0.15) is 0 Å². The Morgan fingerprint density at radius 3 is 2.75 bits per heavy atom. The maximum atomic E-state index is 12.9. The minimum Gasteiger partial charge on any atom is -0.372 e. The Bertz CT molecular complexity index is 1180. The van der Waals surface area contributed by atoms with Gasteiger partial charge in [0.2, 0.25) is 5.91 Å². The van der Waals surface area contributed by atoms with Crippen LogP contribution in [0.2, 0.25) is 5.02 Å². The number of halogens is 1. The van der Waals surface area contributed by atoms with E-state index in [9.17, 15) is 4.79 Å². The molecule has 2 spiro atoms. The molecule has 164 valence electrons. The smallest absolute Gasteiger partial charge is 0.226 e. The Morgan fingerprint density at radius 1 is 1.06 bits per heavy atom. The summed E-state index contributed by atoms with van der Waals surface area (Å²) < 4.78 is 8.84. The molecule has 0 bridgehead atoms. The number of nitrogens with zero attached hydrogens (tertiary/aromatic N) is 2. The zero-order chi connectivity index (χ0) is 21.8. The third-order valence-corrected chi connectivity index (χ3v) is 7.53. The molecule has 1 atom stereocenters. The first-order chi connectivity index (χ1) is 15.6. The summed E-state index contributed by atoms with van der Waals surface area (Å²) >= 11 is 6.08. The van der Waals surface area contributed by atoms with Crippen molar-refractivity contribution in [1.82, 2.24) is 9.47 Å². The molecule has 5 nitrogen and oxygen atoms in total. The summed E-state index contributed by atoms with van der Waals surface area (Å²) in [5, 5.41) is 4.49. The number of carbonyl (C=O) groups is 1. The van der Waals surface area contributed by atoms with E-state index >= 15 is 0 Å². The number of hydrogen-bond acceptors (Lipinski definition) is 3. The number of fused-ring (bicyclic) bond motifs is 4. The summed E-state index contributed by atoms with van der Waals surface area (Å²) in [6, 6.07) is 20.3. The van der Waals surface area contributed by atoms with E-state index in [4.69, 9.17) is 16.3 Å². The zero-order valence-electron chi connectivity index (χ0n) is 17.9. The van der Waals surface area contributed by atoms with Gasteiger partial charge in [-0.05, 0) is 54.8 Å². The van der Waals surface area contributed by atoms with Gasteiger partial charge in [0, 0.05) is 30.7 Å². The lowest BCUT2D eigenvalue weighted by Gasteiger charge is -2.41. The molecule has 2 saturated heterocycles. The lowest BCUT2D eigenvalue weighted by molar-refractivity contribution is -0.135. The van der Waals surface area contributed by atoms with Gasteiger partial charge in [-0.1, -0.05) is 35.9 Å². The van der Waals surface area contributed by atoms with Gasteiger partial charge >= 0.3 is 0 Å². The Hall–Kier alpha value is -2.76. The molecule has 1 aromatic heterocycles. The first kappa shape index (κ1) is 19.9. The van der Waals surface area contributed by atoms with Gasteiger partial charge in [0.15, 0.2) is 0 Å². The van der Waals surface area contributed by atoms with Crippen molar-refractivity contribution in [2.75, 3.05) is 25.0 Å². The summed E-state index contributed by atoms with van der Waals surface area (Å²) in [6.07, 6.45) is 5.16. The maximum absolute atomic E-state index is 12.9. The van der Waals surface area contributed by atoms with Crippen molar-refractivity contribution < 1.29 is 9.53 Å². The van der Waals surface area contributed by atoms with Gasteiger partial charge in [0.05, 0.1) is 35.7 Å². The number of hydrogen-bond donors (Lipinski definition) is 1. The van der Waals surface area contributed by atoms with Gasteiger partial charge in [0.1, 0.15) is 5.54 Å². The van der Waals surface area contributed by atoms with Crippen molar-refractivity contribution in [3.8, 4) is 5.69 Å². The number of aromatic nitrogens is 1. The number of piperidine rings is 1. The second-order valence-corrected chi connectivity index (χ2v) is 9.76. The topological polar surface area (TPSA) is 46.5 Å². The van der Waals surface area contributed by atoms with Crippen LogP contribution in [0.4, 0.5) is 5.69 Å². The van der Waals surface area contributed by atoms with Crippen LogP contribution in [-0.4, -0.2) is 40.7 Å². The molecule has 3 aliphatic heterocycles. The lowest BCUT2D eigenvalue weighted by Crippen LogP contribution is -2.48. The van der Waals surface area contributed by atoms with Crippen molar-refractivity contribution in [2.45, 2.75) is 36.8 Å². The summed E-state index contributed by atoms with van der Waals surface area (Å²) in [5.41, 5.74) is 4.12. The molecule has 1 amide bonds. The van der Waals surface area contributed by atoms with Crippen molar-refractivity contribution in [3.05, 3.63) is 83.1 Å². The second kappa shape index (κ2) is 7.39. The molecule has 0 aliphatic carbocycles. The molecule has 6 rings (SSSR count). The molecule has 32 heavy (non-hydrogen) atoms. The third kappa shape index (κ3) is 3.23. The SMILES string of the molecule is O=C(Cc1cccc(Cl)c1)N1CCC2(CC1)C[C@]1(CO2)Nc2ccccc2-n2cccc21. The number of benzene rings is 2. The average Bonchev–Trinajstić information content (AvgIpc) is 3.42. The minimum absolute atomic E-state index is 0.161. The fourth-order valence-corrected chi connectivity index (χ4v) is 5.90. The Labute approximate surface area is 192 Å². The van der Waals surface area contributed by atoms with Gasteiger partial charge < -0.3 is 19.5 Å². The first-order valence-electron chi connectivity index (χ1n) is 11.3. The number of nitrogens with one attached hydrogen (secondary N) is 1. The standard InChI is InChI=1S/C26H26ClN3O2/c27-20-6-3-5-19(15-20)16-24(31)29-13-10-25(11-14-29)17-26(18-32-25)23-9-4-12-30(23)22-8-2-1-7-21(22)28-26/h1-9,12,15,28H,10-11,13-14,16-18H2/t26-/m1/s1. The molecular formula is C26H26ClN3O2. The van der Waals surface area contributed by atoms with E-state index in [1.165, 1.54) is 11.4 Å². The summed E-state index contributed by atoms with van der Waals surface area (Å²) in [5.74, 6) is 0.161. The van der Waals surface area contributed by atoms with Crippen LogP contribution in [0.15, 0.2) is 66.9 Å². The Balaban J connectivity index is 1.17. The quantitative estimate of drug-likeness (QED) is 0.615. The van der Waals surface area contributed by atoms with Gasteiger partial charge in [-0.25, -0.2) is 0 Å². The van der Waals surface area contributed by atoms with E-state index in [-0.39, 0.29) is 17.0 Å². The number of ether oxygens (including phenoxy) is 1. The highest BCUT2D eigenvalue weighted by molar-refractivity contribution is 6.30. The number of anilines is 1. The summed E-state index contributed by atoms with van der Waals surface area (Å²) in [4.78, 5) is 14.8. The van der Waals surface area contributed by atoms with E-state index in [1.807, 2.05) is 29.2 Å². The van der Waals surface area contributed by atoms with Crippen molar-refractivity contribution in [2.24, 2.45) is 0 Å². The molecule has 3 aliphatic rings. The normalized spacial score (nSPS) is 23.1. The van der Waals surface area contributed by atoms with Crippen LogP contribution in [0, 0.1) is 0 Å². The van der Waals surface area contributed by atoms with Crippen molar-refractivity contribution in [3.63, 3.8) is 0 Å². The van der Waals surface area contributed by atoms with Crippen molar-refractivity contribution in [1.29, 1.82) is 0 Å². The number of amides is 1. The Morgan fingerprint density at radius 2 is 1.91 bits per heavy atom. The zero-order valence-corrected chi connectivity index (χ0v) is 18.6. The largest absolute Gasteiger partial charge is 0.372 e. The second-order valence-electron chi connectivity index (χ2n) is 9.32. The highest BCUT2D eigenvalue weighted by Gasteiger charge is 2.54. The van der Waals surface area contributed by atoms with Crippen LogP contribution in [0.1, 0.15) is 30.5 Å². The molecule has 6 heteroatoms. The number of carbonyl (C=O) groups excluding carboxylic acids is 1. The molecule has 0 radical (unpaired) electrons. The van der Waals surface area contributed by atoms with Crippen LogP contribution in [0.25, 0.3) is 5.69 Å². The summed E-state index contributed by atoms with van der Waals surface area (Å²) in [7, 11) is 0. The molecule has 0 unspecified atom stereocenters. The number of para-hydroxylation sites is 2. The van der Waals surface area contributed by atoms with E-state index < -0.39 is 0 Å². The van der Waals surface area contributed by atoms with Crippen LogP contribution in [-0.2, 0) is 21.5 Å². The number of rotatable bonds is 2. The monoisotopic (exact) mass is 447 g/mol. The highest BCUT2D eigenvalue weighted by Crippen LogP contribution is 2.50. The van der Waals surface area contributed by atoms with Crippen LogP contribution < -0.4 is 5.32 Å². The molecule has 1 N–H and O–H groups in total. The van der Waals surface area contributed by atoms with Crippen LogP contribution >= 0.6 is 11.6 Å². The van der Waals surface area contributed by atoms with Crippen LogP contribution in [0.3, 0.4) is 0 Å². The van der Waals surface area contributed by atoms with Gasteiger partial charge in [-0.15, -0.1) is 0 Å². The van der Waals surface area contributed by atoms with E-state index in [2.05, 4.69) is 52.5 Å². The minimum atomic E-state index is -0.231. The van der Waals surface area contributed by atoms with E-state index in [1.54, 1.807) is 0 Å². The average molecular weight is 448 g/mol. The van der Waals surface area contributed by atoms with Gasteiger partial charge in [0.25, 0.3) is 0 Å². The third-order valence-electron chi connectivity index (χ3n) is 7.30. The Kier molecular flexibility index (Phi) is 4.60. The fourth-order valence-electron chi connectivity index (χ4n) is 5.68. The molecule has 4 heterocycles. The predicted molar refractivity (Wildman–Crippen MR) is 125 cm³/mol. The van der Waals surface area contributed by atoms with Crippen molar-refractivity contribution >= 4 is 23.2 Å². The van der Waals surface area contributed by atoms with Gasteiger partial charge in [-0.3, -0.25) is 4.79 Å². The summed E-state index contributed by atoms with van der Waals surface area (Å²) in [6.45, 7) is 2.10. The molecule has 3 aromatic rings. The van der Waals surface area contributed by atoms with Crippen LogP contribution in [0.5, 0.6) is 0 Å². The maximum Gasteiger partial charge on any atom is 0.226 e. The van der Waals surface area contributed by atoms with E-state index in [0.29, 0.717) is 18.1 Å². The number of likely N-dealkylation sites (tertiary alicyclic amines) is 1. The molecule has 2 aromatic carbocycles. The van der Waals surface area contributed by atoms with E-state index in [0.717, 1.165) is 43.6 Å².